The van der Waals surface area contributed by atoms with Crippen molar-refractivity contribution >= 4 is 41.2 Å². The highest BCUT2D eigenvalue weighted by Crippen LogP contribution is 2.24. The second-order valence-electron chi connectivity index (χ2n) is 5.69. The molecule has 0 saturated carbocycles. The minimum atomic E-state index is -0.867. The number of amides is 1. The van der Waals surface area contributed by atoms with E-state index in [2.05, 4.69) is 16.5 Å². The van der Waals surface area contributed by atoms with Gasteiger partial charge in [0.05, 0.1) is 17.5 Å². The van der Waals surface area contributed by atoms with Crippen LogP contribution >= 0.6 is 35.3 Å². The molecule has 0 aliphatic rings. The zero-order valence-corrected chi connectivity index (χ0v) is 16.1. The summed E-state index contributed by atoms with van der Waals surface area (Å²) >= 11 is 8.02. The van der Waals surface area contributed by atoms with Crippen LogP contribution in [0.2, 0.25) is 0 Å². The normalized spacial score (nSPS) is 13.3. The van der Waals surface area contributed by atoms with Gasteiger partial charge in [-0.05, 0) is 37.2 Å². The van der Waals surface area contributed by atoms with Gasteiger partial charge in [-0.3, -0.25) is 4.79 Å². The van der Waals surface area contributed by atoms with Gasteiger partial charge in [0, 0.05) is 0 Å². The van der Waals surface area contributed by atoms with E-state index in [4.69, 9.17) is 12.2 Å². The minimum Gasteiger partial charge on any atom is -0.337 e. The number of hydrogen-bond donors (Lipinski definition) is 1. The predicted molar refractivity (Wildman–Crippen MR) is 100.0 cm³/mol. The maximum absolute atomic E-state index is 12.1. The number of nitrogens with one attached hydrogen (secondary N) is 1. The van der Waals surface area contributed by atoms with Gasteiger partial charge >= 0.3 is 0 Å². The molecule has 24 heavy (non-hydrogen) atoms. The number of thioether (sulfide) groups is 1. The number of benzene rings is 1. The van der Waals surface area contributed by atoms with Crippen molar-refractivity contribution in [3.05, 3.63) is 34.3 Å². The van der Waals surface area contributed by atoms with Crippen molar-refractivity contribution < 1.29 is 4.79 Å². The Morgan fingerprint density at radius 2 is 2.17 bits per heavy atom. The summed E-state index contributed by atoms with van der Waals surface area (Å²) in [6.45, 7) is 5.54. The van der Waals surface area contributed by atoms with Crippen molar-refractivity contribution in [1.82, 2.24) is 15.1 Å². The van der Waals surface area contributed by atoms with Crippen LogP contribution in [-0.4, -0.2) is 27.0 Å². The van der Waals surface area contributed by atoms with E-state index in [1.807, 2.05) is 44.2 Å². The Kier molecular flexibility index (Phi) is 6.15. The van der Waals surface area contributed by atoms with Gasteiger partial charge in [-0.1, -0.05) is 55.1 Å². The lowest BCUT2D eigenvalue weighted by molar-refractivity contribution is -0.120. The maximum atomic E-state index is 12.1. The molecule has 2 aromatic rings. The molecule has 5 nitrogen and oxygen atoms in total. The first-order valence-electron chi connectivity index (χ1n) is 7.36. The number of hydrogen-bond acceptors (Lipinski definition) is 6. The van der Waals surface area contributed by atoms with Crippen molar-refractivity contribution in [3.8, 4) is 11.8 Å². The van der Waals surface area contributed by atoms with Gasteiger partial charge in [0.15, 0.2) is 8.29 Å². The fourth-order valence-electron chi connectivity index (χ4n) is 1.81. The van der Waals surface area contributed by atoms with Crippen molar-refractivity contribution in [3.63, 3.8) is 0 Å². The molecule has 0 aliphatic carbocycles. The van der Waals surface area contributed by atoms with Crippen molar-refractivity contribution in [2.75, 3.05) is 5.75 Å². The second-order valence-corrected chi connectivity index (χ2v) is 8.53. The molecule has 2 rings (SSSR count). The summed E-state index contributed by atoms with van der Waals surface area (Å²) < 4.78 is 3.05. The molecule has 0 spiro atoms. The van der Waals surface area contributed by atoms with Gasteiger partial charge < -0.3 is 5.32 Å². The van der Waals surface area contributed by atoms with Crippen LogP contribution in [0.25, 0.3) is 5.69 Å². The smallest absolute Gasteiger partial charge is 0.231 e. The summed E-state index contributed by atoms with van der Waals surface area (Å²) in [7, 11) is 0. The Morgan fingerprint density at radius 1 is 1.50 bits per heavy atom. The van der Waals surface area contributed by atoms with Gasteiger partial charge in [-0.15, -0.1) is 5.10 Å². The zero-order valence-electron chi connectivity index (χ0n) is 13.6. The molecule has 8 heteroatoms. The summed E-state index contributed by atoms with van der Waals surface area (Å²) in [4.78, 5) is 12.1. The topological polar surface area (TPSA) is 70.7 Å². The number of para-hydroxylation sites is 1. The van der Waals surface area contributed by atoms with Crippen LogP contribution in [0.4, 0.5) is 0 Å². The number of nitrogens with zero attached hydrogens (tertiary/aromatic N) is 3. The number of carbonyl (C=O) groups is 1. The lowest BCUT2D eigenvalue weighted by Gasteiger charge is -2.27. The third-order valence-electron chi connectivity index (χ3n) is 3.64. The van der Waals surface area contributed by atoms with Crippen molar-refractivity contribution in [2.24, 2.45) is 5.92 Å². The molecule has 0 fully saturated rings. The Bertz CT molecular complexity index is 807. The molecule has 1 N–H and O–H groups in total. The summed E-state index contributed by atoms with van der Waals surface area (Å²) in [5.74, 6) is 0.0297. The number of nitriles is 1. The molecule has 1 atom stereocenters. The highest BCUT2D eigenvalue weighted by atomic mass is 32.2. The standard InChI is InChI=1S/C16H18N4OS3/c1-11(2)16(3,10-17)18-13(21)9-23-14-19-20(15(22)24-14)12-7-5-4-6-8-12/h4-8,11H,9H2,1-3H3,(H,18,21)/t16-/m1/s1. The molecular weight excluding hydrogens is 360 g/mol. The molecule has 126 valence electrons. The fourth-order valence-corrected chi connectivity index (χ4v) is 3.97. The molecule has 1 aromatic carbocycles. The van der Waals surface area contributed by atoms with E-state index < -0.39 is 5.54 Å². The lowest BCUT2D eigenvalue weighted by Crippen LogP contribution is -2.49. The molecule has 1 aromatic heterocycles. The SMILES string of the molecule is CC(C)[C@@](C)(C#N)NC(=O)CSc1nn(-c2ccccc2)c(=S)s1. The molecular formula is C16H18N4OS3. The average molecular weight is 379 g/mol. The van der Waals surface area contributed by atoms with Crippen molar-refractivity contribution in [1.29, 1.82) is 5.26 Å². The van der Waals surface area contributed by atoms with Crippen molar-refractivity contribution in [2.45, 2.75) is 30.6 Å². The van der Waals surface area contributed by atoms with Gasteiger partial charge in [0.1, 0.15) is 5.54 Å². The third-order valence-corrected chi connectivity index (χ3v) is 6.01. The Balaban J connectivity index is 2.02. The summed E-state index contributed by atoms with van der Waals surface area (Å²) in [5, 5.41) is 16.5. The van der Waals surface area contributed by atoms with Gasteiger partial charge in [0.2, 0.25) is 5.91 Å². The highest BCUT2D eigenvalue weighted by Gasteiger charge is 2.29. The Hall–Kier alpha value is -1.69. The zero-order chi connectivity index (χ0) is 17.7. The fraction of sp³-hybridized carbons (Fsp3) is 0.375. The molecule has 0 unspecified atom stereocenters. The molecule has 0 radical (unpaired) electrons. The van der Waals surface area contributed by atoms with Gasteiger partial charge in [-0.25, -0.2) is 4.68 Å². The van der Waals surface area contributed by atoms with E-state index in [-0.39, 0.29) is 17.6 Å². The summed E-state index contributed by atoms with van der Waals surface area (Å²) in [6.07, 6.45) is 0. The first-order valence-corrected chi connectivity index (χ1v) is 9.57. The maximum Gasteiger partial charge on any atom is 0.231 e. The summed E-state index contributed by atoms with van der Waals surface area (Å²) in [5.41, 5.74) is 0.0279. The predicted octanol–water partition coefficient (Wildman–Crippen LogP) is 3.81. The number of carbonyl (C=O) groups excluding carboxylic acids is 1. The molecule has 1 heterocycles. The van der Waals surface area contributed by atoms with E-state index in [9.17, 15) is 10.1 Å². The minimum absolute atomic E-state index is 0.0239. The van der Waals surface area contributed by atoms with E-state index in [0.29, 0.717) is 3.95 Å². The monoisotopic (exact) mass is 378 g/mol. The van der Waals surface area contributed by atoms with Crippen LogP contribution < -0.4 is 5.32 Å². The number of rotatable bonds is 6. The van der Waals surface area contributed by atoms with Crippen LogP contribution in [0.5, 0.6) is 0 Å². The van der Waals surface area contributed by atoms with E-state index in [1.54, 1.807) is 11.6 Å². The first-order chi connectivity index (χ1) is 11.4. The van der Waals surface area contributed by atoms with E-state index in [0.717, 1.165) is 10.0 Å². The van der Waals surface area contributed by atoms with Crippen LogP contribution in [0.15, 0.2) is 34.7 Å². The second kappa shape index (κ2) is 7.92. The van der Waals surface area contributed by atoms with Crippen LogP contribution in [0.3, 0.4) is 0 Å². The van der Waals surface area contributed by atoms with E-state index in [1.165, 1.54) is 23.1 Å². The Labute approximate surface area is 154 Å². The number of aromatic nitrogens is 2. The third kappa shape index (κ3) is 4.44. The highest BCUT2D eigenvalue weighted by molar-refractivity contribution is 8.01. The summed E-state index contributed by atoms with van der Waals surface area (Å²) in [6, 6.07) is 11.8. The van der Waals surface area contributed by atoms with Crippen LogP contribution in [-0.2, 0) is 4.79 Å². The molecule has 0 aliphatic heterocycles. The average Bonchev–Trinajstić information content (AvgIpc) is 2.94. The lowest BCUT2D eigenvalue weighted by atomic mass is 9.90. The molecule has 1 amide bonds. The Morgan fingerprint density at radius 3 is 2.75 bits per heavy atom. The first kappa shape index (κ1) is 18.6. The molecule has 0 bridgehead atoms. The van der Waals surface area contributed by atoms with E-state index >= 15 is 0 Å². The van der Waals surface area contributed by atoms with Crippen LogP contribution in [0.1, 0.15) is 20.8 Å². The largest absolute Gasteiger partial charge is 0.337 e. The quantitative estimate of drug-likeness (QED) is 0.611. The van der Waals surface area contributed by atoms with Gasteiger partial charge in [-0.2, -0.15) is 5.26 Å². The van der Waals surface area contributed by atoms with Gasteiger partial charge in [0.25, 0.3) is 0 Å². The molecule has 0 saturated heterocycles. The van der Waals surface area contributed by atoms with Crippen LogP contribution in [0, 0.1) is 21.2 Å².